The monoisotopic (exact) mass is 232 g/mol. The van der Waals surface area contributed by atoms with E-state index >= 15 is 0 Å². The van der Waals surface area contributed by atoms with Crippen molar-refractivity contribution < 1.29 is 25.2 Å². The standard InChI is InChI=1S/C11H20O5/c1-2-3-4-5-7-9(13)11(15)10(14)8(6-12)16-7/h2-3,7-15H,4-6H2,1H3/b3-2-/t7-,8?,9?,10+,11?/m1/s1. The van der Waals surface area contributed by atoms with Crippen LogP contribution in [0.2, 0.25) is 0 Å². The van der Waals surface area contributed by atoms with Gasteiger partial charge in [-0.25, -0.2) is 0 Å². The van der Waals surface area contributed by atoms with E-state index in [2.05, 4.69) is 0 Å². The number of aliphatic hydroxyl groups is 4. The van der Waals surface area contributed by atoms with Gasteiger partial charge in [0, 0.05) is 0 Å². The van der Waals surface area contributed by atoms with Crippen molar-refractivity contribution in [2.75, 3.05) is 6.61 Å². The molecule has 1 fully saturated rings. The van der Waals surface area contributed by atoms with Gasteiger partial charge in [-0.1, -0.05) is 12.2 Å². The highest BCUT2D eigenvalue weighted by Crippen LogP contribution is 2.23. The first-order valence-corrected chi connectivity index (χ1v) is 5.53. The Hall–Kier alpha value is -0.460. The van der Waals surface area contributed by atoms with Gasteiger partial charge < -0.3 is 25.2 Å². The predicted octanol–water partition coefficient (Wildman–Crippen LogP) is -0.815. The minimum Gasteiger partial charge on any atom is -0.394 e. The lowest BCUT2D eigenvalue weighted by Gasteiger charge is -2.40. The molecule has 1 aliphatic heterocycles. The average molecular weight is 232 g/mol. The zero-order valence-corrected chi connectivity index (χ0v) is 9.36. The summed E-state index contributed by atoms with van der Waals surface area (Å²) in [4.78, 5) is 0. The second-order valence-corrected chi connectivity index (χ2v) is 4.01. The molecule has 4 N–H and O–H groups in total. The van der Waals surface area contributed by atoms with Gasteiger partial charge in [0.05, 0.1) is 12.7 Å². The van der Waals surface area contributed by atoms with E-state index in [9.17, 15) is 15.3 Å². The minimum atomic E-state index is -1.26. The molecule has 0 spiro atoms. The molecule has 0 bridgehead atoms. The van der Waals surface area contributed by atoms with Crippen LogP contribution in [0.15, 0.2) is 12.2 Å². The maximum atomic E-state index is 9.68. The van der Waals surface area contributed by atoms with Crippen LogP contribution in [0.3, 0.4) is 0 Å². The van der Waals surface area contributed by atoms with Crippen molar-refractivity contribution in [3.63, 3.8) is 0 Å². The number of ether oxygens (including phenoxy) is 1. The molecule has 1 heterocycles. The Balaban J connectivity index is 2.56. The molecular weight excluding hydrogens is 212 g/mol. The third kappa shape index (κ3) is 3.02. The summed E-state index contributed by atoms with van der Waals surface area (Å²) in [6.45, 7) is 1.53. The summed E-state index contributed by atoms with van der Waals surface area (Å²) >= 11 is 0. The van der Waals surface area contributed by atoms with Crippen LogP contribution in [-0.2, 0) is 4.74 Å². The molecule has 0 saturated carbocycles. The van der Waals surface area contributed by atoms with Crippen molar-refractivity contribution in [1.82, 2.24) is 0 Å². The molecule has 0 aromatic carbocycles. The van der Waals surface area contributed by atoms with Crippen LogP contribution in [-0.4, -0.2) is 57.6 Å². The van der Waals surface area contributed by atoms with Gasteiger partial charge in [0.1, 0.15) is 24.4 Å². The lowest BCUT2D eigenvalue weighted by molar-refractivity contribution is -0.230. The Morgan fingerprint density at radius 1 is 1.06 bits per heavy atom. The minimum absolute atomic E-state index is 0.370. The maximum Gasteiger partial charge on any atom is 0.111 e. The Bertz CT molecular complexity index is 228. The van der Waals surface area contributed by atoms with E-state index in [0.717, 1.165) is 6.42 Å². The number of hydrogen-bond acceptors (Lipinski definition) is 5. The van der Waals surface area contributed by atoms with Crippen LogP contribution in [0.25, 0.3) is 0 Å². The smallest absolute Gasteiger partial charge is 0.111 e. The first-order chi connectivity index (χ1) is 7.61. The van der Waals surface area contributed by atoms with Crippen LogP contribution in [0.4, 0.5) is 0 Å². The molecule has 0 aromatic heterocycles. The maximum absolute atomic E-state index is 9.68. The van der Waals surface area contributed by atoms with E-state index in [1.807, 2.05) is 19.1 Å². The number of rotatable bonds is 4. The van der Waals surface area contributed by atoms with Gasteiger partial charge in [0.25, 0.3) is 0 Å². The first kappa shape index (κ1) is 13.6. The molecular formula is C11H20O5. The number of hydrogen-bond donors (Lipinski definition) is 4. The quantitative estimate of drug-likeness (QED) is 0.476. The molecule has 0 aromatic rings. The molecule has 3 unspecified atom stereocenters. The largest absolute Gasteiger partial charge is 0.394 e. The molecule has 1 saturated heterocycles. The van der Waals surface area contributed by atoms with Crippen molar-refractivity contribution in [2.45, 2.75) is 50.3 Å². The predicted molar refractivity (Wildman–Crippen MR) is 57.8 cm³/mol. The summed E-state index contributed by atoms with van der Waals surface area (Å²) in [5.41, 5.74) is 0. The highest BCUT2D eigenvalue weighted by atomic mass is 16.5. The van der Waals surface area contributed by atoms with Crippen LogP contribution >= 0.6 is 0 Å². The fourth-order valence-electron chi connectivity index (χ4n) is 1.84. The summed E-state index contributed by atoms with van der Waals surface area (Å²) in [6, 6.07) is 0. The number of allylic oxidation sites excluding steroid dienone is 2. The Morgan fingerprint density at radius 2 is 1.69 bits per heavy atom. The number of aliphatic hydroxyl groups excluding tert-OH is 4. The summed E-state index contributed by atoms with van der Waals surface area (Å²) in [5.74, 6) is 0. The average Bonchev–Trinajstić information content (AvgIpc) is 2.29. The van der Waals surface area contributed by atoms with Gasteiger partial charge in [0.15, 0.2) is 0 Å². The zero-order valence-electron chi connectivity index (χ0n) is 9.36. The Kier molecular flexibility index (Phi) is 5.37. The first-order valence-electron chi connectivity index (χ1n) is 5.53. The van der Waals surface area contributed by atoms with E-state index in [4.69, 9.17) is 9.84 Å². The Morgan fingerprint density at radius 3 is 2.25 bits per heavy atom. The van der Waals surface area contributed by atoms with Crippen LogP contribution in [0, 0.1) is 0 Å². The summed E-state index contributed by atoms with van der Waals surface area (Å²) in [6.07, 6.45) is 0.111. The zero-order chi connectivity index (χ0) is 12.1. The van der Waals surface area contributed by atoms with Crippen LogP contribution in [0.5, 0.6) is 0 Å². The molecule has 16 heavy (non-hydrogen) atoms. The van der Waals surface area contributed by atoms with Gasteiger partial charge in [-0.05, 0) is 19.8 Å². The Labute approximate surface area is 95.0 Å². The van der Waals surface area contributed by atoms with Gasteiger partial charge in [0.2, 0.25) is 0 Å². The van der Waals surface area contributed by atoms with E-state index in [1.54, 1.807) is 0 Å². The second kappa shape index (κ2) is 6.32. The summed E-state index contributed by atoms with van der Waals surface area (Å²) < 4.78 is 5.33. The molecule has 0 amide bonds. The van der Waals surface area contributed by atoms with E-state index in [1.165, 1.54) is 0 Å². The SMILES string of the molecule is C/C=C\CC[C@H]1OC(CO)[C@H](O)C(O)C1O. The third-order valence-corrected chi connectivity index (χ3v) is 2.84. The van der Waals surface area contributed by atoms with Crippen LogP contribution < -0.4 is 0 Å². The topological polar surface area (TPSA) is 90.2 Å². The van der Waals surface area contributed by atoms with Crippen molar-refractivity contribution in [3.05, 3.63) is 12.2 Å². The summed E-state index contributed by atoms with van der Waals surface area (Å²) in [7, 11) is 0. The molecule has 5 nitrogen and oxygen atoms in total. The van der Waals surface area contributed by atoms with E-state index < -0.39 is 30.5 Å². The van der Waals surface area contributed by atoms with Gasteiger partial charge >= 0.3 is 0 Å². The molecule has 5 atom stereocenters. The molecule has 1 rings (SSSR count). The third-order valence-electron chi connectivity index (χ3n) is 2.84. The normalized spacial score (nSPS) is 40.4. The lowest BCUT2D eigenvalue weighted by Crippen LogP contribution is -2.58. The van der Waals surface area contributed by atoms with Crippen molar-refractivity contribution in [2.24, 2.45) is 0 Å². The molecule has 1 aliphatic rings. The van der Waals surface area contributed by atoms with Crippen molar-refractivity contribution in [3.8, 4) is 0 Å². The van der Waals surface area contributed by atoms with Crippen LogP contribution in [0.1, 0.15) is 19.8 Å². The molecule has 0 aliphatic carbocycles. The van der Waals surface area contributed by atoms with Gasteiger partial charge in [-0.3, -0.25) is 0 Å². The lowest BCUT2D eigenvalue weighted by atomic mass is 9.93. The van der Waals surface area contributed by atoms with Crippen molar-refractivity contribution in [1.29, 1.82) is 0 Å². The second-order valence-electron chi connectivity index (χ2n) is 4.01. The fourth-order valence-corrected chi connectivity index (χ4v) is 1.84. The van der Waals surface area contributed by atoms with E-state index in [0.29, 0.717) is 6.42 Å². The molecule has 94 valence electrons. The van der Waals surface area contributed by atoms with Gasteiger partial charge in [-0.15, -0.1) is 0 Å². The van der Waals surface area contributed by atoms with Crippen molar-refractivity contribution >= 4 is 0 Å². The summed E-state index contributed by atoms with van der Waals surface area (Å²) in [5, 5.41) is 37.7. The molecule has 5 heteroatoms. The highest BCUT2D eigenvalue weighted by molar-refractivity contribution is 4.93. The van der Waals surface area contributed by atoms with E-state index in [-0.39, 0.29) is 6.61 Å². The van der Waals surface area contributed by atoms with Gasteiger partial charge in [-0.2, -0.15) is 0 Å². The molecule has 0 radical (unpaired) electrons. The fraction of sp³-hybridized carbons (Fsp3) is 0.818. The highest BCUT2D eigenvalue weighted by Gasteiger charge is 2.42.